The van der Waals surface area contributed by atoms with Crippen LogP contribution in [0.15, 0.2) is 42.5 Å². The zero-order valence-electron chi connectivity index (χ0n) is 13.5. The number of aryl methyl sites for hydroxylation is 1. The zero-order valence-corrected chi connectivity index (χ0v) is 13.5. The lowest BCUT2D eigenvalue weighted by molar-refractivity contribution is -0.122. The number of nitrogens with one attached hydrogen (secondary N) is 2. The molecule has 2 aromatic carbocycles. The SMILES string of the molecule is Cc1cccc(OCC(=O)Nc2cccc3c2NC(=O)C(C)O3)c1. The third-order valence-electron chi connectivity index (χ3n) is 3.58. The van der Waals surface area contributed by atoms with Crippen LogP contribution in [0.1, 0.15) is 12.5 Å². The number of benzene rings is 2. The van der Waals surface area contributed by atoms with Crippen molar-refractivity contribution in [2.45, 2.75) is 20.0 Å². The van der Waals surface area contributed by atoms with Crippen molar-refractivity contribution in [3.63, 3.8) is 0 Å². The highest BCUT2D eigenvalue weighted by Gasteiger charge is 2.25. The number of carbonyl (C=O) groups excluding carboxylic acids is 2. The summed E-state index contributed by atoms with van der Waals surface area (Å²) in [4.78, 5) is 23.9. The van der Waals surface area contributed by atoms with E-state index >= 15 is 0 Å². The van der Waals surface area contributed by atoms with Gasteiger partial charge in [-0.2, -0.15) is 0 Å². The van der Waals surface area contributed by atoms with Crippen molar-refractivity contribution in [2.75, 3.05) is 17.2 Å². The van der Waals surface area contributed by atoms with Crippen LogP contribution in [0.5, 0.6) is 11.5 Å². The molecule has 1 atom stereocenters. The number of carbonyl (C=O) groups is 2. The third-order valence-corrected chi connectivity index (χ3v) is 3.58. The van der Waals surface area contributed by atoms with Gasteiger partial charge in [-0.1, -0.05) is 18.2 Å². The minimum Gasteiger partial charge on any atom is -0.484 e. The minimum absolute atomic E-state index is 0.127. The van der Waals surface area contributed by atoms with E-state index in [0.29, 0.717) is 22.9 Å². The van der Waals surface area contributed by atoms with Crippen molar-refractivity contribution in [1.82, 2.24) is 0 Å². The monoisotopic (exact) mass is 326 g/mol. The molecule has 1 aliphatic heterocycles. The van der Waals surface area contributed by atoms with Gasteiger partial charge in [-0.3, -0.25) is 9.59 Å². The number of ether oxygens (including phenoxy) is 2. The largest absolute Gasteiger partial charge is 0.484 e. The Kier molecular flexibility index (Phi) is 4.37. The van der Waals surface area contributed by atoms with Crippen LogP contribution in [0, 0.1) is 6.92 Å². The molecule has 124 valence electrons. The summed E-state index contributed by atoms with van der Waals surface area (Å²) in [6.45, 7) is 3.49. The maximum absolute atomic E-state index is 12.1. The predicted molar refractivity (Wildman–Crippen MR) is 90.5 cm³/mol. The van der Waals surface area contributed by atoms with E-state index < -0.39 is 6.10 Å². The standard InChI is InChI=1S/C18H18N2O4/c1-11-5-3-6-13(9-11)23-10-16(21)19-14-7-4-8-15-17(14)20-18(22)12(2)24-15/h3-9,12H,10H2,1-2H3,(H,19,21)(H,20,22). The molecule has 0 bridgehead atoms. The Morgan fingerprint density at radius 3 is 2.88 bits per heavy atom. The van der Waals surface area contributed by atoms with Crippen molar-refractivity contribution in [3.8, 4) is 11.5 Å². The molecule has 0 spiro atoms. The quantitative estimate of drug-likeness (QED) is 0.906. The van der Waals surface area contributed by atoms with Gasteiger partial charge in [-0.25, -0.2) is 0 Å². The lowest BCUT2D eigenvalue weighted by Crippen LogP contribution is -2.35. The molecule has 3 rings (SSSR count). The molecule has 24 heavy (non-hydrogen) atoms. The molecule has 6 nitrogen and oxygen atoms in total. The van der Waals surface area contributed by atoms with Gasteiger partial charge in [-0.05, 0) is 43.7 Å². The van der Waals surface area contributed by atoms with E-state index in [1.165, 1.54) is 0 Å². The molecule has 0 aromatic heterocycles. The average molecular weight is 326 g/mol. The molecular weight excluding hydrogens is 308 g/mol. The summed E-state index contributed by atoms with van der Waals surface area (Å²) in [5.41, 5.74) is 1.99. The molecule has 0 fully saturated rings. The zero-order chi connectivity index (χ0) is 17.1. The first-order valence-electron chi connectivity index (χ1n) is 7.63. The van der Waals surface area contributed by atoms with Crippen molar-refractivity contribution in [1.29, 1.82) is 0 Å². The Balaban J connectivity index is 1.67. The van der Waals surface area contributed by atoms with Gasteiger partial charge in [0.15, 0.2) is 12.7 Å². The lowest BCUT2D eigenvalue weighted by atomic mass is 10.2. The lowest BCUT2D eigenvalue weighted by Gasteiger charge is -2.25. The van der Waals surface area contributed by atoms with Gasteiger partial charge >= 0.3 is 0 Å². The van der Waals surface area contributed by atoms with Crippen molar-refractivity contribution >= 4 is 23.2 Å². The summed E-state index contributed by atoms with van der Waals surface area (Å²) < 4.78 is 11.0. The first-order chi connectivity index (χ1) is 11.5. The van der Waals surface area contributed by atoms with E-state index in [0.717, 1.165) is 5.56 Å². The highest BCUT2D eigenvalue weighted by atomic mass is 16.5. The molecule has 0 aliphatic carbocycles. The molecule has 2 amide bonds. The van der Waals surface area contributed by atoms with Gasteiger partial charge in [0.05, 0.1) is 5.69 Å². The molecule has 0 saturated carbocycles. The smallest absolute Gasteiger partial charge is 0.265 e. The van der Waals surface area contributed by atoms with Gasteiger partial charge < -0.3 is 20.1 Å². The van der Waals surface area contributed by atoms with Gasteiger partial charge in [0, 0.05) is 0 Å². The van der Waals surface area contributed by atoms with Crippen LogP contribution in [0.4, 0.5) is 11.4 Å². The van der Waals surface area contributed by atoms with Crippen LogP contribution in [0.2, 0.25) is 0 Å². The van der Waals surface area contributed by atoms with Gasteiger partial charge in [0.1, 0.15) is 17.2 Å². The van der Waals surface area contributed by atoms with Gasteiger partial charge in [-0.15, -0.1) is 0 Å². The Morgan fingerprint density at radius 2 is 2.08 bits per heavy atom. The molecule has 2 N–H and O–H groups in total. The Labute approximate surface area is 139 Å². The Morgan fingerprint density at radius 1 is 1.29 bits per heavy atom. The maximum atomic E-state index is 12.1. The average Bonchev–Trinajstić information content (AvgIpc) is 2.55. The molecule has 1 aliphatic rings. The number of para-hydroxylation sites is 1. The van der Waals surface area contributed by atoms with E-state index in [-0.39, 0.29) is 18.4 Å². The summed E-state index contributed by atoms with van der Waals surface area (Å²) in [7, 11) is 0. The normalized spacial score (nSPS) is 15.8. The van der Waals surface area contributed by atoms with E-state index in [1.807, 2.05) is 25.1 Å². The van der Waals surface area contributed by atoms with Crippen LogP contribution in [-0.2, 0) is 9.59 Å². The number of amides is 2. The summed E-state index contributed by atoms with van der Waals surface area (Å²) >= 11 is 0. The number of rotatable bonds is 4. The van der Waals surface area contributed by atoms with E-state index in [4.69, 9.17) is 9.47 Å². The van der Waals surface area contributed by atoms with Crippen molar-refractivity contribution < 1.29 is 19.1 Å². The van der Waals surface area contributed by atoms with Gasteiger partial charge in [0.25, 0.3) is 11.8 Å². The maximum Gasteiger partial charge on any atom is 0.265 e. The fraction of sp³-hybridized carbons (Fsp3) is 0.222. The summed E-state index contributed by atoms with van der Waals surface area (Å²) in [5, 5.41) is 5.48. The van der Waals surface area contributed by atoms with Crippen LogP contribution < -0.4 is 20.1 Å². The van der Waals surface area contributed by atoms with E-state index in [1.54, 1.807) is 31.2 Å². The predicted octanol–water partition coefficient (Wildman–Crippen LogP) is 2.73. The highest BCUT2D eigenvalue weighted by Crippen LogP contribution is 2.36. The van der Waals surface area contributed by atoms with Gasteiger partial charge in [0.2, 0.25) is 0 Å². The second-order valence-electron chi connectivity index (χ2n) is 5.58. The molecule has 0 saturated heterocycles. The van der Waals surface area contributed by atoms with Crippen LogP contribution >= 0.6 is 0 Å². The molecule has 1 heterocycles. The van der Waals surface area contributed by atoms with Crippen molar-refractivity contribution in [2.24, 2.45) is 0 Å². The van der Waals surface area contributed by atoms with E-state index in [2.05, 4.69) is 10.6 Å². The number of hydrogen-bond acceptors (Lipinski definition) is 4. The second kappa shape index (κ2) is 6.62. The fourth-order valence-corrected chi connectivity index (χ4v) is 2.37. The molecule has 1 unspecified atom stereocenters. The molecule has 2 aromatic rings. The molecule has 0 radical (unpaired) electrons. The third kappa shape index (κ3) is 3.48. The highest BCUT2D eigenvalue weighted by molar-refractivity contribution is 6.04. The number of hydrogen-bond donors (Lipinski definition) is 2. The number of fused-ring (bicyclic) bond motifs is 1. The molecular formula is C18H18N2O4. The first-order valence-corrected chi connectivity index (χ1v) is 7.63. The van der Waals surface area contributed by atoms with E-state index in [9.17, 15) is 9.59 Å². The summed E-state index contributed by atoms with van der Waals surface area (Å²) in [6.07, 6.45) is -0.562. The van der Waals surface area contributed by atoms with Crippen LogP contribution in [0.25, 0.3) is 0 Å². The topological polar surface area (TPSA) is 76.7 Å². The second-order valence-corrected chi connectivity index (χ2v) is 5.58. The molecule has 6 heteroatoms. The summed E-state index contributed by atoms with van der Waals surface area (Å²) in [5.74, 6) is 0.586. The van der Waals surface area contributed by atoms with Crippen LogP contribution in [0.3, 0.4) is 0 Å². The van der Waals surface area contributed by atoms with Crippen molar-refractivity contribution in [3.05, 3.63) is 48.0 Å². The Hall–Kier alpha value is -3.02. The first kappa shape index (κ1) is 15.9. The Bertz CT molecular complexity index is 788. The minimum atomic E-state index is -0.562. The number of anilines is 2. The fourth-order valence-electron chi connectivity index (χ4n) is 2.37. The summed E-state index contributed by atoms with van der Waals surface area (Å²) in [6, 6.07) is 12.7. The van der Waals surface area contributed by atoms with Crippen LogP contribution in [-0.4, -0.2) is 24.5 Å².